The molecular formula is C17H32N3O2S+. The van der Waals surface area contributed by atoms with Crippen molar-refractivity contribution < 1.29 is 13.0 Å². The molecule has 2 N–H and O–H groups in total. The van der Waals surface area contributed by atoms with E-state index in [0.29, 0.717) is 18.8 Å². The average molecular weight is 343 g/mol. The van der Waals surface area contributed by atoms with Gasteiger partial charge < -0.3 is 10.6 Å². The quantitative estimate of drug-likeness (QED) is 0.745. The third-order valence-electron chi connectivity index (χ3n) is 5.00. The summed E-state index contributed by atoms with van der Waals surface area (Å²) in [5.41, 5.74) is 8.53. The van der Waals surface area contributed by atoms with Gasteiger partial charge in [0.2, 0.25) is 0 Å². The number of nitrogens with two attached hydrogens (primary N) is 1. The van der Waals surface area contributed by atoms with Crippen molar-refractivity contribution >= 4 is 16.1 Å². The molecule has 2 rings (SSSR count). The van der Waals surface area contributed by atoms with E-state index in [9.17, 15) is 8.42 Å². The Hall–Kier alpha value is -1.04. The molecular weight excluding hydrogens is 310 g/mol. The van der Waals surface area contributed by atoms with Crippen molar-refractivity contribution in [3.05, 3.63) is 11.4 Å². The summed E-state index contributed by atoms with van der Waals surface area (Å²) in [6, 6.07) is 0. The molecule has 2 heterocycles. The van der Waals surface area contributed by atoms with Gasteiger partial charge in [-0.2, -0.15) is 0 Å². The summed E-state index contributed by atoms with van der Waals surface area (Å²) in [5.74, 6) is 0.464. The summed E-state index contributed by atoms with van der Waals surface area (Å²) in [4.78, 5) is 2.34. The van der Waals surface area contributed by atoms with Gasteiger partial charge in [0.1, 0.15) is 22.1 Å². The standard InChI is InChI=1S/C17H32N3O2S/c1-4-6-14-12-19(9-5-2)13-16(18)17(14)20-10-7-15(8-11-20)23(3,21)22/h13-15H,4-12,18H2,1-3H3/q+1. The van der Waals surface area contributed by atoms with Crippen molar-refractivity contribution in [3.63, 3.8) is 0 Å². The molecule has 6 heteroatoms. The SMILES string of the molecule is CCCC1C[N+](CCC)=CC(N)=C1N1CCC(S(C)(=O)=O)CC1. The van der Waals surface area contributed by atoms with E-state index in [2.05, 4.69) is 29.5 Å². The summed E-state index contributed by atoms with van der Waals surface area (Å²) in [6.45, 7) is 8.08. The van der Waals surface area contributed by atoms with Gasteiger partial charge in [-0.3, -0.25) is 0 Å². The van der Waals surface area contributed by atoms with Crippen molar-refractivity contribution in [1.82, 2.24) is 4.90 Å². The number of allylic oxidation sites excluding steroid dienone is 1. The van der Waals surface area contributed by atoms with Crippen molar-refractivity contribution in [2.24, 2.45) is 11.7 Å². The first-order valence-electron chi connectivity index (χ1n) is 8.89. The predicted octanol–water partition coefficient (Wildman–Crippen LogP) is 1.59. The van der Waals surface area contributed by atoms with E-state index in [1.165, 1.54) is 12.0 Å². The lowest BCUT2D eigenvalue weighted by Crippen LogP contribution is -2.44. The van der Waals surface area contributed by atoms with Crippen LogP contribution in [0.4, 0.5) is 0 Å². The first-order chi connectivity index (χ1) is 10.9. The van der Waals surface area contributed by atoms with Gasteiger partial charge in [-0.15, -0.1) is 0 Å². The molecule has 1 atom stereocenters. The maximum absolute atomic E-state index is 11.7. The number of sulfone groups is 1. The summed E-state index contributed by atoms with van der Waals surface area (Å²) in [6.07, 6.45) is 8.28. The van der Waals surface area contributed by atoms with E-state index in [-0.39, 0.29) is 5.25 Å². The topological polar surface area (TPSA) is 66.4 Å². The normalized spacial score (nSPS) is 24.0. The third kappa shape index (κ3) is 4.49. The van der Waals surface area contributed by atoms with Crippen LogP contribution < -0.4 is 5.73 Å². The molecule has 0 radical (unpaired) electrons. The second-order valence-electron chi connectivity index (χ2n) is 6.97. The van der Waals surface area contributed by atoms with Crippen LogP contribution >= 0.6 is 0 Å². The molecule has 5 nitrogen and oxygen atoms in total. The minimum absolute atomic E-state index is 0.186. The van der Waals surface area contributed by atoms with Gasteiger partial charge in [-0.1, -0.05) is 20.3 Å². The van der Waals surface area contributed by atoms with Gasteiger partial charge in [0.15, 0.2) is 12.8 Å². The molecule has 1 fully saturated rings. The van der Waals surface area contributed by atoms with Crippen LogP contribution in [0.1, 0.15) is 46.0 Å². The van der Waals surface area contributed by atoms with Crippen LogP contribution in [0.25, 0.3) is 0 Å². The van der Waals surface area contributed by atoms with E-state index >= 15 is 0 Å². The Bertz CT molecular complexity index is 573. The Morgan fingerprint density at radius 1 is 1.26 bits per heavy atom. The van der Waals surface area contributed by atoms with Crippen LogP contribution in [0.5, 0.6) is 0 Å². The lowest BCUT2D eigenvalue weighted by molar-refractivity contribution is -0.531. The second kappa shape index (κ2) is 7.69. The number of piperidine rings is 1. The molecule has 0 aromatic rings. The fourth-order valence-corrected chi connectivity index (χ4v) is 4.97. The Kier molecular flexibility index (Phi) is 6.12. The summed E-state index contributed by atoms with van der Waals surface area (Å²) >= 11 is 0. The smallest absolute Gasteiger partial charge is 0.188 e. The maximum Gasteiger partial charge on any atom is 0.188 e. The molecule has 2 aliphatic rings. The zero-order valence-corrected chi connectivity index (χ0v) is 15.6. The summed E-state index contributed by atoms with van der Waals surface area (Å²) < 4.78 is 25.8. The minimum Gasteiger partial charge on any atom is -0.392 e. The number of likely N-dealkylation sites (tertiary alicyclic amines) is 1. The molecule has 0 aromatic heterocycles. The molecule has 23 heavy (non-hydrogen) atoms. The fraction of sp³-hybridized carbons (Fsp3) is 0.824. The van der Waals surface area contributed by atoms with Crippen molar-refractivity contribution in [2.45, 2.75) is 51.2 Å². The zero-order valence-electron chi connectivity index (χ0n) is 14.8. The largest absolute Gasteiger partial charge is 0.392 e. The van der Waals surface area contributed by atoms with Gasteiger partial charge in [-0.25, -0.2) is 13.0 Å². The molecule has 0 saturated carbocycles. The number of rotatable bonds is 6. The molecule has 1 saturated heterocycles. The fourth-order valence-electron chi connectivity index (χ4n) is 3.91. The highest BCUT2D eigenvalue weighted by Gasteiger charge is 2.34. The molecule has 132 valence electrons. The van der Waals surface area contributed by atoms with Gasteiger partial charge in [0, 0.05) is 25.8 Å². The molecule has 0 bridgehead atoms. The van der Waals surface area contributed by atoms with E-state index in [1.807, 2.05) is 0 Å². The van der Waals surface area contributed by atoms with E-state index in [0.717, 1.165) is 51.1 Å². The Morgan fingerprint density at radius 2 is 1.91 bits per heavy atom. The Morgan fingerprint density at radius 3 is 2.43 bits per heavy atom. The summed E-state index contributed by atoms with van der Waals surface area (Å²) in [5, 5.41) is -0.186. The third-order valence-corrected chi connectivity index (χ3v) is 6.68. The van der Waals surface area contributed by atoms with Gasteiger partial charge in [0.25, 0.3) is 0 Å². The van der Waals surface area contributed by atoms with Crippen LogP contribution in [-0.2, 0) is 9.84 Å². The van der Waals surface area contributed by atoms with Crippen LogP contribution in [-0.4, -0.2) is 61.8 Å². The van der Waals surface area contributed by atoms with Crippen molar-refractivity contribution in [1.29, 1.82) is 0 Å². The molecule has 0 spiro atoms. The number of nitrogens with zero attached hydrogens (tertiary/aromatic N) is 2. The van der Waals surface area contributed by atoms with Crippen molar-refractivity contribution in [3.8, 4) is 0 Å². The monoisotopic (exact) mass is 342 g/mol. The maximum atomic E-state index is 11.7. The van der Waals surface area contributed by atoms with Gasteiger partial charge in [-0.05, 0) is 19.3 Å². The highest BCUT2D eigenvalue weighted by molar-refractivity contribution is 7.91. The van der Waals surface area contributed by atoms with E-state index in [1.54, 1.807) is 0 Å². The van der Waals surface area contributed by atoms with Gasteiger partial charge in [0.05, 0.1) is 16.9 Å². The Balaban J connectivity index is 2.16. The minimum atomic E-state index is -2.92. The van der Waals surface area contributed by atoms with Crippen LogP contribution in [0.3, 0.4) is 0 Å². The van der Waals surface area contributed by atoms with Gasteiger partial charge >= 0.3 is 0 Å². The lowest BCUT2D eigenvalue weighted by Gasteiger charge is -2.38. The zero-order chi connectivity index (χ0) is 17.0. The highest BCUT2D eigenvalue weighted by atomic mass is 32.2. The predicted molar refractivity (Wildman–Crippen MR) is 95.4 cm³/mol. The Labute approximate surface area is 141 Å². The average Bonchev–Trinajstić information content (AvgIpc) is 2.47. The van der Waals surface area contributed by atoms with Crippen LogP contribution in [0.2, 0.25) is 0 Å². The lowest BCUT2D eigenvalue weighted by atomic mass is 9.93. The highest BCUT2D eigenvalue weighted by Crippen LogP contribution is 2.29. The van der Waals surface area contributed by atoms with E-state index in [4.69, 9.17) is 5.73 Å². The molecule has 0 aromatic carbocycles. The first-order valence-corrected chi connectivity index (χ1v) is 10.8. The summed E-state index contributed by atoms with van der Waals surface area (Å²) in [7, 11) is -2.92. The first kappa shape index (κ1) is 18.3. The number of hydrogen-bond donors (Lipinski definition) is 1. The van der Waals surface area contributed by atoms with Crippen LogP contribution in [0.15, 0.2) is 11.4 Å². The molecule has 1 unspecified atom stereocenters. The molecule has 2 aliphatic heterocycles. The number of hydrogen-bond acceptors (Lipinski definition) is 4. The molecule has 0 aliphatic carbocycles. The van der Waals surface area contributed by atoms with Crippen LogP contribution in [0, 0.1) is 5.92 Å². The van der Waals surface area contributed by atoms with Crippen molar-refractivity contribution in [2.75, 3.05) is 32.4 Å². The second-order valence-corrected chi connectivity index (χ2v) is 9.29. The van der Waals surface area contributed by atoms with E-state index < -0.39 is 9.84 Å². The molecule has 0 amide bonds.